The van der Waals surface area contributed by atoms with E-state index < -0.39 is 0 Å². The zero-order valence-electron chi connectivity index (χ0n) is 15.3. The van der Waals surface area contributed by atoms with Crippen LogP contribution in [-0.2, 0) is 0 Å². The van der Waals surface area contributed by atoms with Crippen molar-refractivity contribution in [1.82, 2.24) is 4.90 Å². The van der Waals surface area contributed by atoms with E-state index in [1.165, 1.54) is 43.9 Å². The van der Waals surface area contributed by atoms with Gasteiger partial charge >= 0.3 is 0 Å². The van der Waals surface area contributed by atoms with Crippen molar-refractivity contribution < 1.29 is 13.8 Å². The Morgan fingerprint density at radius 1 is 1.08 bits per heavy atom. The number of rotatable bonds is 3. The predicted octanol–water partition coefficient (Wildman–Crippen LogP) is 3.91. The number of benzene rings is 2. The molecular weight excluding hydrogens is 327 g/mol. The molecule has 0 radical (unpaired) electrons. The molecule has 0 amide bonds. The fourth-order valence-electron chi connectivity index (χ4n) is 3.56. The highest BCUT2D eigenvalue weighted by atomic mass is 19.1. The lowest BCUT2D eigenvalue weighted by Gasteiger charge is -2.23. The maximum Gasteiger partial charge on any atom is 0.247 e. The van der Waals surface area contributed by atoms with Crippen LogP contribution in [0.15, 0.2) is 54.6 Å². The summed E-state index contributed by atoms with van der Waals surface area (Å²) in [6.45, 7) is 5.78. The summed E-state index contributed by atoms with van der Waals surface area (Å²) in [5.41, 5.74) is 1.79. The molecule has 0 bridgehead atoms. The van der Waals surface area contributed by atoms with E-state index in [0.29, 0.717) is 6.54 Å². The fraction of sp³-hybridized carbons (Fsp3) is 0.364. The number of halogens is 1. The summed E-state index contributed by atoms with van der Waals surface area (Å²) in [6.07, 6.45) is 3.55. The van der Waals surface area contributed by atoms with Crippen LogP contribution < -0.4 is 0 Å². The van der Waals surface area contributed by atoms with Crippen molar-refractivity contribution in [1.29, 1.82) is 0 Å². The molecule has 2 heterocycles. The molecule has 2 aromatic rings. The highest BCUT2D eigenvalue weighted by molar-refractivity contribution is 5.99. The molecule has 26 heavy (non-hydrogen) atoms. The minimum absolute atomic E-state index is 0.162. The third-order valence-electron chi connectivity index (χ3n) is 4.82. The number of carbonyl (C=O) groups is 1. The number of nitrogens with zero attached hydrogens (tertiary/aromatic N) is 2. The number of ketones is 1. The van der Waals surface area contributed by atoms with Crippen molar-refractivity contribution in [3.63, 3.8) is 0 Å². The molecule has 3 nitrogen and oxygen atoms in total. The number of Topliss-reactive ketones (excluding diaryl/α,β-unsaturated/α-hetero) is 1. The molecule has 0 unspecified atom stereocenters. The number of aryl methyl sites for hydroxylation is 1. The Balaban J connectivity index is 0.000000206. The van der Waals surface area contributed by atoms with Crippen LogP contribution in [0.25, 0.3) is 0 Å². The fourth-order valence-corrected chi connectivity index (χ4v) is 3.56. The van der Waals surface area contributed by atoms with Gasteiger partial charge in [0.2, 0.25) is 11.6 Å². The molecule has 0 aromatic heterocycles. The Labute approximate surface area is 154 Å². The molecule has 0 saturated carbocycles. The van der Waals surface area contributed by atoms with Crippen LogP contribution in [0.2, 0.25) is 0 Å². The van der Waals surface area contributed by atoms with Gasteiger partial charge in [-0.1, -0.05) is 42.5 Å². The van der Waals surface area contributed by atoms with E-state index in [1.807, 2.05) is 43.3 Å². The van der Waals surface area contributed by atoms with Crippen LogP contribution >= 0.6 is 0 Å². The van der Waals surface area contributed by atoms with Crippen LogP contribution in [0.1, 0.15) is 35.2 Å². The maximum absolute atomic E-state index is 12.2. The molecule has 0 N–H and O–H groups in total. The van der Waals surface area contributed by atoms with Crippen LogP contribution in [0.5, 0.6) is 0 Å². The van der Waals surface area contributed by atoms with Gasteiger partial charge in [-0.25, -0.2) is 4.39 Å². The van der Waals surface area contributed by atoms with E-state index in [2.05, 4.69) is 9.48 Å². The summed E-state index contributed by atoms with van der Waals surface area (Å²) in [7, 11) is 0. The topological polar surface area (TPSA) is 23.3 Å². The minimum Gasteiger partial charge on any atom is -0.290 e. The number of amidine groups is 1. The van der Waals surface area contributed by atoms with Crippen LogP contribution in [0.3, 0.4) is 0 Å². The van der Waals surface area contributed by atoms with Crippen molar-refractivity contribution in [3.8, 4) is 0 Å². The van der Waals surface area contributed by atoms with E-state index in [9.17, 15) is 9.18 Å². The standard InChI is InChI=1S/C15H19N2O.C7H7F/c18-14(13-6-2-1-3-7-13)12-17-11-5-10-16-9-4-8-15(16)17;1-6-3-2-4-7(8)5-6/h1-3,6-7H,4-5,8-12H2;2-5H,1H3/q+1;. The summed E-state index contributed by atoms with van der Waals surface area (Å²) in [5, 5.41) is 0. The Bertz CT molecular complexity index is 768. The quantitative estimate of drug-likeness (QED) is 0.617. The summed E-state index contributed by atoms with van der Waals surface area (Å²) >= 11 is 0. The highest BCUT2D eigenvalue weighted by Gasteiger charge is 2.32. The van der Waals surface area contributed by atoms with Gasteiger partial charge in [0.15, 0.2) is 0 Å². The van der Waals surface area contributed by atoms with E-state index in [1.54, 1.807) is 6.07 Å². The molecule has 2 aliphatic heterocycles. The van der Waals surface area contributed by atoms with Crippen LogP contribution in [-0.4, -0.2) is 47.3 Å². The molecule has 0 spiro atoms. The Hall–Kier alpha value is -2.49. The first-order valence-electron chi connectivity index (χ1n) is 9.29. The van der Waals surface area contributed by atoms with E-state index in [0.717, 1.165) is 24.1 Å². The van der Waals surface area contributed by atoms with Gasteiger partial charge in [0.1, 0.15) is 12.4 Å². The van der Waals surface area contributed by atoms with Gasteiger partial charge in [-0.15, -0.1) is 0 Å². The van der Waals surface area contributed by atoms with Crippen molar-refractivity contribution in [2.45, 2.75) is 26.2 Å². The van der Waals surface area contributed by atoms with E-state index >= 15 is 0 Å². The molecule has 2 aliphatic rings. The molecule has 0 aliphatic carbocycles. The number of hydrogen-bond donors (Lipinski definition) is 0. The molecule has 0 atom stereocenters. The molecule has 136 valence electrons. The number of hydrogen-bond acceptors (Lipinski definition) is 2. The zero-order chi connectivity index (χ0) is 18.4. The second-order valence-corrected chi connectivity index (χ2v) is 6.87. The van der Waals surface area contributed by atoms with Crippen molar-refractivity contribution >= 4 is 11.6 Å². The number of carbonyl (C=O) groups excluding carboxylic acids is 1. The highest BCUT2D eigenvalue weighted by Crippen LogP contribution is 2.15. The van der Waals surface area contributed by atoms with Gasteiger partial charge in [0, 0.05) is 12.0 Å². The van der Waals surface area contributed by atoms with Gasteiger partial charge in [-0.05, 0) is 31.0 Å². The largest absolute Gasteiger partial charge is 0.290 e. The zero-order valence-corrected chi connectivity index (χ0v) is 15.3. The first-order chi connectivity index (χ1) is 12.6. The van der Waals surface area contributed by atoms with Crippen molar-refractivity contribution in [3.05, 3.63) is 71.5 Å². The van der Waals surface area contributed by atoms with Gasteiger partial charge in [-0.3, -0.25) is 14.3 Å². The Morgan fingerprint density at radius 2 is 1.85 bits per heavy atom. The summed E-state index contributed by atoms with van der Waals surface area (Å²) in [5.74, 6) is 1.47. The summed E-state index contributed by atoms with van der Waals surface area (Å²) in [6, 6.07) is 16.1. The molecule has 0 saturated heterocycles. The van der Waals surface area contributed by atoms with Gasteiger partial charge < -0.3 is 0 Å². The normalized spacial score (nSPS) is 16.0. The minimum atomic E-state index is -0.162. The average molecular weight is 353 g/mol. The molecule has 4 heteroatoms. The Kier molecular flexibility index (Phi) is 6.16. The van der Waals surface area contributed by atoms with Crippen molar-refractivity contribution in [2.24, 2.45) is 0 Å². The maximum atomic E-state index is 12.2. The molecule has 2 aromatic carbocycles. The lowest BCUT2D eigenvalue weighted by Crippen LogP contribution is -2.43. The summed E-state index contributed by atoms with van der Waals surface area (Å²) < 4.78 is 14.6. The van der Waals surface area contributed by atoms with Crippen molar-refractivity contribution in [2.75, 3.05) is 26.2 Å². The van der Waals surface area contributed by atoms with Gasteiger partial charge in [0.25, 0.3) is 0 Å². The average Bonchev–Trinajstić information content (AvgIpc) is 3.13. The van der Waals surface area contributed by atoms with Gasteiger partial charge in [-0.2, -0.15) is 0 Å². The predicted molar refractivity (Wildman–Crippen MR) is 102 cm³/mol. The monoisotopic (exact) mass is 353 g/mol. The lowest BCUT2D eigenvalue weighted by atomic mass is 10.1. The smallest absolute Gasteiger partial charge is 0.247 e. The molecular formula is C22H26FN2O+. The van der Waals surface area contributed by atoms with Crippen LogP contribution in [0, 0.1) is 12.7 Å². The van der Waals surface area contributed by atoms with E-state index in [-0.39, 0.29) is 11.6 Å². The summed E-state index contributed by atoms with van der Waals surface area (Å²) in [4.78, 5) is 14.5. The SMILES string of the molecule is Cc1cccc(F)c1.O=C(CN1CCC[N+]2=C1CCC2)c1ccccc1. The van der Waals surface area contributed by atoms with Gasteiger partial charge in [0.05, 0.1) is 26.1 Å². The first-order valence-corrected chi connectivity index (χ1v) is 9.29. The van der Waals surface area contributed by atoms with E-state index in [4.69, 9.17) is 0 Å². The third kappa shape index (κ3) is 4.78. The third-order valence-corrected chi connectivity index (χ3v) is 4.82. The second kappa shape index (κ2) is 8.75. The van der Waals surface area contributed by atoms with Crippen LogP contribution in [0.4, 0.5) is 4.39 Å². The molecule has 0 fully saturated rings. The second-order valence-electron chi connectivity index (χ2n) is 6.87. The first kappa shape index (κ1) is 18.3. The molecule has 4 rings (SSSR count). The Morgan fingerprint density at radius 3 is 2.54 bits per heavy atom. The lowest BCUT2D eigenvalue weighted by molar-refractivity contribution is -0.529.